The highest BCUT2D eigenvalue weighted by Gasteiger charge is 2.38. The number of allylic oxidation sites excluding steroid dienone is 1. The van der Waals surface area contributed by atoms with Crippen molar-refractivity contribution < 1.29 is 4.79 Å². The second-order valence-corrected chi connectivity index (χ2v) is 8.40. The zero-order valence-corrected chi connectivity index (χ0v) is 17.4. The Morgan fingerprint density at radius 2 is 1.73 bits per heavy atom. The summed E-state index contributed by atoms with van der Waals surface area (Å²) in [5.41, 5.74) is 5.83. The number of aromatic nitrogens is 2. The Bertz CT molecular complexity index is 1090. The lowest BCUT2D eigenvalue weighted by Crippen LogP contribution is -2.42. The second kappa shape index (κ2) is 7.17. The molecule has 0 radical (unpaired) electrons. The van der Waals surface area contributed by atoms with E-state index in [2.05, 4.69) is 89.9 Å². The van der Waals surface area contributed by atoms with Crippen LogP contribution in [0.4, 0.5) is 5.69 Å². The lowest BCUT2D eigenvalue weighted by atomic mass is 9.68. The maximum Gasteiger partial charge on any atom is 0.274 e. The van der Waals surface area contributed by atoms with Gasteiger partial charge in [-0.2, -0.15) is 5.10 Å². The molecule has 1 aliphatic carbocycles. The Morgan fingerprint density at radius 3 is 2.37 bits per heavy atom. The quantitative estimate of drug-likeness (QED) is 0.726. The van der Waals surface area contributed by atoms with Crippen LogP contribution < -0.4 is 4.90 Å². The molecule has 152 valence electrons. The van der Waals surface area contributed by atoms with E-state index in [0.29, 0.717) is 5.69 Å². The molecule has 1 aliphatic heterocycles. The van der Waals surface area contributed by atoms with Gasteiger partial charge >= 0.3 is 0 Å². The van der Waals surface area contributed by atoms with Crippen LogP contribution in [0.2, 0.25) is 0 Å². The van der Waals surface area contributed by atoms with Crippen molar-refractivity contribution in [2.45, 2.75) is 18.3 Å². The van der Waals surface area contributed by atoms with Crippen LogP contribution in [0, 0.1) is 0 Å². The van der Waals surface area contributed by atoms with E-state index < -0.39 is 0 Å². The number of benzene rings is 2. The molecule has 30 heavy (non-hydrogen) atoms. The zero-order valence-electron chi connectivity index (χ0n) is 17.4. The Morgan fingerprint density at radius 1 is 1.03 bits per heavy atom. The molecule has 1 aromatic heterocycles. The first-order valence-corrected chi connectivity index (χ1v) is 10.5. The first kappa shape index (κ1) is 18.7. The van der Waals surface area contributed by atoms with Crippen molar-refractivity contribution in [2.24, 2.45) is 0 Å². The predicted octanol–water partition coefficient (Wildman–Crippen LogP) is 3.88. The molecule has 0 saturated carbocycles. The van der Waals surface area contributed by atoms with E-state index in [1.165, 1.54) is 16.8 Å². The number of nitrogens with zero attached hydrogens (tertiary/aromatic N) is 3. The number of amides is 1. The smallest absolute Gasteiger partial charge is 0.274 e. The third-order valence-corrected chi connectivity index (χ3v) is 6.41. The average molecular weight is 399 g/mol. The van der Waals surface area contributed by atoms with E-state index in [0.717, 1.165) is 37.2 Å². The molecule has 5 heteroatoms. The molecule has 0 bridgehead atoms. The van der Waals surface area contributed by atoms with E-state index in [1.54, 1.807) is 0 Å². The molecule has 5 nitrogen and oxygen atoms in total. The summed E-state index contributed by atoms with van der Waals surface area (Å²) in [7, 11) is 4.10. The van der Waals surface area contributed by atoms with E-state index in [1.807, 2.05) is 11.0 Å². The number of hydrogen-bond acceptors (Lipinski definition) is 3. The maximum atomic E-state index is 12.8. The molecule has 2 aliphatic rings. The van der Waals surface area contributed by atoms with Gasteiger partial charge in [-0.3, -0.25) is 9.89 Å². The number of anilines is 1. The van der Waals surface area contributed by atoms with Gasteiger partial charge in [0, 0.05) is 56.0 Å². The Kier molecular flexibility index (Phi) is 4.46. The van der Waals surface area contributed by atoms with Crippen LogP contribution in [-0.4, -0.2) is 48.2 Å². The molecule has 1 N–H and O–H groups in total. The van der Waals surface area contributed by atoms with Gasteiger partial charge in [-0.05, 0) is 29.7 Å². The standard InChI is InChI=1S/C25H26N4O/c1-28(2)20-11-9-19(10-12-20)25(18-7-4-3-5-8-18)14-13-21-22(17-25)26-27-23(21)24(30)29-15-6-16-29/h3-5,7-14H,6,15-17H2,1-2H3,(H,26,27). The van der Waals surface area contributed by atoms with Crippen molar-refractivity contribution in [1.29, 1.82) is 0 Å². The summed E-state index contributed by atoms with van der Waals surface area (Å²) in [5, 5.41) is 7.59. The number of fused-ring (bicyclic) bond motifs is 1. The number of hydrogen-bond donors (Lipinski definition) is 1. The van der Waals surface area contributed by atoms with Gasteiger partial charge in [-0.1, -0.05) is 54.6 Å². The molecule has 1 unspecified atom stereocenters. The largest absolute Gasteiger partial charge is 0.378 e. The minimum atomic E-state index is -0.303. The highest BCUT2D eigenvalue weighted by atomic mass is 16.2. The molecule has 1 amide bonds. The van der Waals surface area contributed by atoms with Crippen LogP contribution in [0.25, 0.3) is 6.08 Å². The molecule has 1 atom stereocenters. The van der Waals surface area contributed by atoms with Crippen molar-refractivity contribution in [3.63, 3.8) is 0 Å². The van der Waals surface area contributed by atoms with Gasteiger partial charge in [0.15, 0.2) is 5.69 Å². The van der Waals surface area contributed by atoms with Crippen LogP contribution in [0.1, 0.15) is 39.3 Å². The normalized spacial score (nSPS) is 19.9. The van der Waals surface area contributed by atoms with Crippen LogP contribution in [0.5, 0.6) is 0 Å². The molecular formula is C25H26N4O. The van der Waals surface area contributed by atoms with E-state index in [-0.39, 0.29) is 11.3 Å². The third kappa shape index (κ3) is 2.93. The van der Waals surface area contributed by atoms with Gasteiger partial charge in [0.25, 0.3) is 5.91 Å². The minimum Gasteiger partial charge on any atom is -0.378 e. The van der Waals surface area contributed by atoms with Gasteiger partial charge in [-0.15, -0.1) is 0 Å². The molecular weight excluding hydrogens is 372 g/mol. The number of nitrogens with one attached hydrogen (secondary N) is 1. The summed E-state index contributed by atoms with van der Waals surface area (Å²) in [4.78, 5) is 16.7. The summed E-state index contributed by atoms with van der Waals surface area (Å²) < 4.78 is 0. The molecule has 5 rings (SSSR count). The summed E-state index contributed by atoms with van der Waals surface area (Å²) in [6.07, 6.45) is 6.15. The molecule has 1 saturated heterocycles. The maximum absolute atomic E-state index is 12.8. The van der Waals surface area contributed by atoms with Crippen molar-refractivity contribution >= 4 is 17.7 Å². The molecule has 0 spiro atoms. The molecule has 3 aromatic rings. The van der Waals surface area contributed by atoms with Gasteiger partial charge in [0.2, 0.25) is 0 Å². The SMILES string of the molecule is CN(C)c1ccc(C2(c3ccccc3)C=Cc3c(C(=O)N4CCC4)n[nH]c3C2)cc1. The highest BCUT2D eigenvalue weighted by Crippen LogP contribution is 2.42. The minimum absolute atomic E-state index is 0.0333. The van der Waals surface area contributed by atoms with Crippen molar-refractivity contribution in [3.05, 3.63) is 88.8 Å². The third-order valence-electron chi connectivity index (χ3n) is 6.41. The summed E-state index contributed by atoms with van der Waals surface area (Å²) in [6, 6.07) is 19.3. The van der Waals surface area contributed by atoms with Gasteiger partial charge < -0.3 is 9.80 Å². The number of rotatable bonds is 4. The lowest BCUT2D eigenvalue weighted by Gasteiger charge is -2.35. The first-order valence-electron chi connectivity index (χ1n) is 10.5. The molecule has 2 aromatic carbocycles. The average Bonchev–Trinajstić information content (AvgIpc) is 3.16. The monoisotopic (exact) mass is 398 g/mol. The number of aromatic amines is 1. The number of likely N-dealkylation sites (tertiary alicyclic amines) is 1. The first-order chi connectivity index (χ1) is 14.6. The Hall–Kier alpha value is -3.34. The van der Waals surface area contributed by atoms with Crippen LogP contribution in [0.15, 0.2) is 60.7 Å². The van der Waals surface area contributed by atoms with E-state index in [9.17, 15) is 4.79 Å². The summed E-state index contributed by atoms with van der Waals surface area (Å²) >= 11 is 0. The fourth-order valence-corrected chi connectivity index (χ4v) is 4.45. The summed E-state index contributed by atoms with van der Waals surface area (Å²) in [5.74, 6) is 0.0333. The predicted molar refractivity (Wildman–Crippen MR) is 120 cm³/mol. The van der Waals surface area contributed by atoms with E-state index >= 15 is 0 Å². The van der Waals surface area contributed by atoms with Crippen LogP contribution in [0.3, 0.4) is 0 Å². The number of carbonyl (C=O) groups is 1. The highest BCUT2D eigenvalue weighted by molar-refractivity contribution is 5.97. The van der Waals surface area contributed by atoms with Crippen molar-refractivity contribution in [3.8, 4) is 0 Å². The molecule has 1 fully saturated rings. The lowest BCUT2D eigenvalue weighted by molar-refractivity contribution is 0.0645. The van der Waals surface area contributed by atoms with Gasteiger partial charge in [0.1, 0.15) is 0 Å². The number of carbonyl (C=O) groups excluding carboxylic acids is 1. The Balaban J connectivity index is 1.58. The summed E-state index contributed by atoms with van der Waals surface area (Å²) in [6.45, 7) is 1.66. The van der Waals surface area contributed by atoms with Gasteiger partial charge in [0.05, 0.1) is 0 Å². The van der Waals surface area contributed by atoms with Crippen LogP contribution in [-0.2, 0) is 11.8 Å². The van der Waals surface area contributed by atoms with Crippen molar-refractivity contribution in [2.75, 3.05) is 32.1 Å². The van der Waals surface area contributed by atoms with Crippen molar-refractivity contribution in [1.82, 2.24) is 15.1 Å². The number of H-pyrrole nitrogens is 1. The van der Waals surface area contributed by atoms with Crippen LogP contribution >= 0.6 is 0 Å². The fraction of sp³-hybridized carbons (Fsp3) is 0.280. The van der Waals surface area contributed by atoms with Gasteiger partial charge in [-0.25, -0.2) is 0 Å². The topological polar surface area (TPSA) is 52.2 Å². The second-order valence-electron chi connectivity index (χ2n) is 8.40. The zero-order chi connectivity index (χ0) is 20.7. The Labute approximate surface area is 177 Å². The van der Waals surface area contributed by atoms with E-state index in [4.69, 9.17) is 0 Å². The molecule has 2 heterocycles. The fourth-order valence-electron chi connectivity index (χ4n) is 4.45.